The first kappa shape index (κ1) is 21.2. The molecule has 0 aromatic rings. The molecule has 0 aromatic heterocycles. The predicted octanol–water partition coefficient (Wildman–Crippen LogP) is -6.78. The molecule has 88 valence electrons. The summed E-state index contributed by atoms with van der Waals surface area (Å²) >= 11 is 0.433. The molecule has 5 heteroatoms. The van der Waals surface area contributed by atoms with Crippen LogP contribution in [0, 0.1) is 0 Å². The van der Waals surface area contributed by atoms with Gasteiger partial charge in [-0.3, -0.25) is 0 Å². The van der Waals surface area contributed by atoms with E-state index in [1.807, 2.05) is 0 Å². The van der Waals surface area contributed by atoms with Gasteiger partial charge in [0.2, 0.25) is 0 Å². The third-order valence-corrected chi connectivity index (χ3v) is 4.12. The van der Waals surface area contributed by atoms with Crippen molar-refractivity contribution in [3.63, 3.8) is 0 Å². The van der Waals surface area contributed by atoms with E-state index in [-0.39, 0.29) is 37.2 Å². The maximum absolute atomic E-state index is 2.51. The normalized spacial score (nSPS) is 12.1. The fraction of sp³-hybridized carbons (Fsp3) is 0.600. The summed E-state index contributed by atoms with van der Waals surface area (Å²) in [4.78, 5) is 2.51. The molecule has 0 saturated carbocycles. The van der Waals surface area contributed by atoms with Crippen molar-refractivity contribution in [1.82, 2.24) is 4.90 Å². The van der Waals surface area contributed by atoms with Gasteiger partial charge in [0.1, 0.15) is 0 Å². The molecule has 0 heterocycles. The van der Waals surface area contributed by atoms with E-state index in [1.165, 1.54) is 24.8 Å². The van der Waals surface area contributed by atoms with E-state index in [4.69, 9.17) is 0 Å². The number of halogens is 3. The summed E-state index contributed by atoms with van der Waals surface area (Å²) in [5, 5.41) is 1.32. The number of rotatable bonds is 5. The van der Waals surface area contributed by atoms with Crippen molar-refractivity contribution < 1.29 is 53.5 Å². The Labute approximate surface area is 119 Å². The van der Waals surface area contributed by atoms with Crippen LogP contribution in [0.15, 0.2) is 22.5 Å². The molecular formula is C10H17Cl3NV. The molecule has 1 aliphatic carbocycles. The van der Waals surface area contributed by atoms with Crippen LogP contribution >= 0.6 is 0 Å². The molecule has 0 bridgehead atoms. The first-order chi connectivity index (χ1) is 5.86. The topological polar surface area (TPSA) is 3.24 Å². The molecule has 0 unspecified atom stereocenters. The molecule has 1 aliphatic rings. The van der Waals surface area contributed by atoms with E-state index in [9.17, 15) is 0 Å². The summed E-state index contributed by atoms with van der Waals surface area (Å²) in [5.41, 5.74) is 0. The van der Waals surface area contributed by atoms with E-state index >= 15 is 0 Å². The first-order valence-electron chi connectivity index (χ1n) is 4.62. The van der Waals surface area contributed by atoms with Gasteiger partial charge in [-0.15, -0.1) is 0 Å². The monoisotopic (exact) mass is 307 g/mol. The van der Waals surface area contributed by atoms with Crippen molar-refractivity contribution in [2.75, 3.05) is 18.3 Å². The van der Waals surface area contributed by atoms with Gasteiger partial charge in [-0.1, -0.05) is 0 Å². The molecule has 1 rings (SSSR count). The van der Waals surface area contributed by atoms with Crippen molar-refractivity contribution >= 4 is 0 Å². The van der Waals surface area contributed by atoms with Gasteiger partial charge >= 0.3 is 82.3 Å². The quantitative estimate of drug-likeness (QED) is 0.488. The van der Waals surface area contributed by atoms with Crippen molar-refractivity contribution in [2.24, 2.45) is 0 Å². The van der Waals surface area contributed by atoms with Crippen LogP contribution in [0.3, 0.4) is 0 Å². The molecular weight excluding hydrogens is 291 g/mol. The third-order valence-electron chi connectivity index (χ3n) is 2.12. The largest absolute Gasteiger partial charge is 1.00 e. The fourth-order valence-corrected chi connectivity index (χ4v) is 3.05. The molecule has 0 spiro atoms. The zero-order valence-corrected chi connectivity index (χ0v) is 12.8. The summed E-state index contributed by atoms with van der Waals surface area (Å²) in [6.45, 7) is 6.89. The second-order valence-corrected chi connectivity index (χ2v) is 4.73. The van der Waals surface area contributed by atoms with Crippen molar-refractivity contribution in [1.29, 1.82) is 0 Å². The molecule has 0 atom stereocenters. The Balaban J connectivity index is -0.000000480. The minimum absolute atomic E-state index is 0. The standard InChI is InChI=1S/C5H12N.C5H5.3ClH.V/c1-4-6(3)5-2;1-2-4-5-3-1;;;;/h3-5H2,1-2H3;1-3H,4H2;3*1H;/q;;;;;+3/p-3. The Morgan fingerprint density at radius 1 is 1.20 bits per heavy atom. The van der Waals surface area contributed by atoms with Crippen LogP contribution in [0.2, 0.25) is 0 Å². The van der Waals surface area contributed by atoms with Gasteiger partial charge in [0.25, 0.3) is 0 Å². The SMILES string of the molecule is CCN(CC)[CH2][V+3][C]1=CC=CC1.[Cl-].[Cl-].[Cl-]. The van der Waals surface area contributed by atoms with Gasteiger partial charge in [0, 0.05) is 0 Å². The van der Waals surface area contributed by atoms with E-state index in [1.54, 1.807) is 4.28 Å². The Bertz CT molecular complexity index is 191. The minimum atomic E-state index is 0. The maximum Gasteiger partial charge on any atom is -1.00 e. The zero-order chi connectivity index (χ0) is 8.81. The predicted molar refractivity (Wildman–Crippen MR) is 49.6 cm³/mol. The molecule has 0 N–H and O–H groups in total. The smallest absolute Gasteiger partial charge is 1.00 e. The summed E-state index contributed by atoms with van der Waals surface area (Å²) in [7, 11) is 0. The Hall–Kier alpha value is 0.894. The van der Waals surface area contributed by atoms with Crippen LogP contribution in [-0.4, -0.2) is 23.2 Å². The van der Waals surface area contributed by atoms with Gasteiger partial charge in [-0.25, -0.2) is 0 Å². The summed E-state index contributed by atoms with van der Waals surface area (Å²) in [6.07, 6.45) is 7.96. The molecule has 0 aromatic carbocycles. The van der Waals surface area contributed by atoms with Crippen LogP contribution in [0.25, 0.3) is 0 Å². The average Bonchev–Trinajstić information content (AvgIpc) is 2.59. The minimum Gasteiger partial charge on any atom is -1.00 e. The van der Waals surface area contributed by atoms with E-state index in [0.717, 1.165) is 0 Å². The Morgan fingerprint density at radius 3 is 2.20 bits per heavy atom. The second kappa shape index (κ2) is 13.0. The molecule has 0 amide bonds. The van der Waals surface area contributed by atoms with Crippen LogP contribution in [0.5, 0.6) is 0 Å². The Kier molecular flexibility index (Phi) is 18.3. The summed E-state index contributed by atoms with van der Waals surface area (Å²) < 4.78 is 1.68. The first-order valence-corrected chi connectivity index (χ1v) is 6.31. The van der Waals surface area contributed by atoms with Crippen molar-refractivity contribution in [3.05, 3.63) is 22.5 Å². The number of nitrogens with zero attached hydrogens (tertiary/aromatic N) is 1. The molecule has 15 heavy (non-hydrogen) atoms. The van der Waals surface area contributed by atoms with Crippen LogP contribution in [0.1, 0.15) is 20.3 Å². The van der Waals surface area contributed by atoms with Gasteiger partial charge in [0.05, 0.1) is 0 Å². The average molecular weight is 309 g/mol. The number of hydrogen-bond acceptors (Lipinski definition) is 1. The van der Waals surface area contributed by atoms with E-state index in [2.05, 4.69) is 37.0 Å². The molecule has 0 saturated heterocycles. The van der Waals surface area contributed by atoms with Gasteiger partial charge in [-0.05, 0) is 0 Å². The van der Waals surface area contributed by atoms with Gasteiger partial charge in [0.15, 0.2) is 0 Å². The van der Waals surface area contributed by atoms with Crippen molar-refractivity contribution in [3.8, 4) is 0 Å². The summed E-state index contributed by atoms with van der Waals surface area (Å²) in [5.74, 6) is 0. The van der Waals surface area contributed by atoms with Gasteiger partial charge in [-0.2, -0.15) is 0 Å². The Morgan fingerprint density at radius 2 is 1.80 bits per heavy atom. The zero-order valence-electron chi connectivity index (χ0n) is 9.09. The molecule has 1 nitrogen and oxygen atoms in total. The van der Waals surface area contributed by atoms with Crippen LogP contribution in [0.4, 0.5) is 0 Å². The fourth-order valence-electron chi connectivity index (χ4n) is 1.17. The van der Waals surface area contributed by atoms with Crippen LogP contribution < -0.4 is 37.2 Å². The van der Waals surface area contributed by atoms with E-state index < -0.39 is 0 Å². The number of hydrogen-bond donors (Lipinski definition) is 0. The van der Waals surface area contributed by atoms with Crippen molar-refractivity contribution in [2.45, 2.75) is 20.3 Å². The summed E-state index contributed by atoms with van der Waals surface area (Å²) in [6, 6.07) is 0. The van der Waals surface area contributed by atoms with Crippen LogP contribution in [-0.2, 0) is 16.3 Å². The number of allylic oxidation sites excluding steroid dienone is 4. The van der Waals surface area contributed by atoms with Gasteiger partial charge < -0.3 is 37.2 Å². The third kappa shape index (κ3) is 8.68. The van der Waals surface area contributed by atoms with E-state index in [0.29, 0.717) is 16.3 Å². The maximum atomic E-state index is 2.51. The molecule has 0 radical (unpaired) electrons. The molecule has 0 aliphatic heterocycles. The molecule has 0 fully saturated rings. The second-order valence-electron chi connectivity index (χ2n) is 2.89.